The minimum atomic E-state index is -3.66. The molecule has 1 aromatic heterocycles. The number of hydrogen-bond acceptors (Lipinski definition) is 5. The van der Waals surface area contributed by atoms with Crippen LogP contribution in [0.5, 0.6) is 0 Å². The van der Waals surface area contributed by atoms with E-state index < -0.39 is 10.0 Å². The Balaban J connectivity index is 1.38. The quantitative estimate of drug-likeness (QED) is 0.712. The van der Waals surface area contributed by atoms with Crippen LogP contribution in [-0.2, 0) is 20.2 Å². The summed E-state index contributed by atoms with van der Waals surface area (Å²) in [6.07, 6.45) is 5.58. The number of aryl methyl sites for hydroxylation is 3. The molecule has 7 nitrogen and oxygen atoms in total. The molecule has 0 radical (unpaired) electrons. The Bertz CT molecular complexity index is 1060. The van der Waals surface area contributed by atoms with Crippen LogP contribution in [0.2, 0.25) is 0 Å². The predicted octanol–water partition coefficient (Wildman–Crippen LogP) is 3.63. The van der Waals surface area contributed by atoms with Crippen LogP contribution in [0, 0.1) is 26.7 Å². The number of nitrogens with one attached hydrogen (secondary N) is 1. The van der Waals surface area contributed by atoms with E-state index in [0.29, 0.717) is 43.9 Å². The van der Waals surface area contributed by atoms with Crippen molar-refractivity contribution in [3.8, 4) is 0 Å². The summed E-state index contributed by atoms with van der Waals surface area (Å²) < 4.78 is 32.5. The van der Waals surface area contributed by atoms with Gasteiger partial charge in [0.2, 0.25) is 15.9 Å². The summed E-state index contributed by atoms with van der Waals surface area (Å²) in [4.78, 5) is 13.1. The monoisotopic (exact) mass is 459 g/mol. The molecule has 1 saturated heterocycles. The molecule has 32 heavy (non-hydrogen) atoms. The first-order valence-corrected chi connectivity index (χ1v) is 12.9. The SMILES string of the molecule is Cc1cccc(C2(CNC(=O)C3CCN(S(=O)(=O)c4c(C)noc4C)CC3)CCCC2)c1. The third-order valence-corrected chi connectivity index (χ3v) is 9.33. The van der Waals surface area contributed by atoms with Crippen LogP contribution in [0.25, 0.3) is 0 Å². The van der Waals surface area contributed by atoms with Gasteiger partial charge in [0.15, 0.2) is 5.76 Å². The van der Waals surface area contributed by atoms with Gasteiger partial charge in [0.25, 0.3) is 0 Å². The van der Waals surface area contributed by atoms with Gasteiger partial charge < -0.3 is 9.84 Å². The number of sulfonamides is 1. The molecule has 1 aliphatic carbocycles. The zero-order valence-electron chi connectivity index (χ0n) is 19.2. The number of aromatic nitrogens is 1. The van der Waals surface area contributed by atoms with Crippen molar-refractivity contribution < 1.29 is 17.7 Å². The van der Waals surface area contributed by atoms with Crippen molar-refractivity contribution >= 4 is 15.9 Å². The molecule has 1 aliphatic heterocycles. The van der Waals surface area contributed by atoms with E-state index in [4.69, 9.17) is 4.52 Å². The smallest absolute Gasteiger partial charge is 0.248 e. The number of benzene rings is 1. The average Bonchev–Trinajstić information content (AvgIpc) is 3.39. The molecule has 1 N–H and O–H groups in total. The van der Waals surface area contributed by atoms with Crippen LogP contribution in [-0.4, -0.2) is 43.4 Å². The first kappa shape index (κ1) is 23.0. The van der Waals surface area contributed by atoms with Crippen molar-refractivity contribution in [1.82, 2.24) is 14.8 Å². The van der Waals surface area contributed by atoms with E-state index in [1.807, 2.05) is 0 Å². The van der Waals surface area contributed by atoms with Gasteiger partial charge in [-0.25, -0.2) is 8.42 Å². The number of nitrogens with zero attached hydrogens (tertiary/aromatic N) is 2. The van der Waals surface area contributed by atoms with E-state index >= 15 is 0 Å². The maximum absolute atomic E-state index is 13.0. The number of piperidine rings is 1. The van der Waals surface area contributed by atoms with Gasteiger partial charge in [0.05, 0.1) is 0 Å². The Kier molecular flexibility index (Phi) is 6.45. The van der Waals surface area contributed by atoms with E-state index in [-0.39, 0.29) is 22.1 Å². The van der Waals surface area contributed by atoms with Gasteiger partial charge in [-0.15, -0.1) is 0 Å². The molecular formula is C24H33N3O4S. The Morgan fingerprint density at radius 2 is 1.88 bits per heavy atom. The van der Waals surface area contributed by atoms with Gasteiger partial charge in [-0.3, -0.25) is 4.79 Å². The molecule has 2 aromatic rings. The van der Waals surface area contributed by atoms with E-state index in [1.54, 1.807) is 13.8 Å². The fourth-order valence-electron chi connectivity index (χ4n) is 5.33. The van der Waals surface area contributed by atoms with Crippen molar-refractivity contribution in [2.45, 2.75) is 69.6 Å². The number of carbonyl (C=O) groups excluding carboxylic acids is 1. The summed E-state index contributed by atoms with van der Waals surface area (Å²) in [5.41, 5.74) is 2.94. The summed E-state index contributed by atoms with van der Waals surface area (Å²) in [6, 6.07) is 8.63. The number of carbonyl (C=O) groups is 1. The first-order valence-electron chi connectivity index (χ1n) is 11.5. The molecule has 174 valence electrons. The molecule has 1 amide bonds. The molecule has 2 fully saturated rings. The van der Waals surface area contributed by atoms with Crippen molar-refractivity contribution in [2.24, 2.45) is 5.92 Å². The predicted molar refractivity (Wildman–Crippen MR) is 122 cm³/mol. The van der Waals surface area contributed by atoms with Crippen LogP contribution in [0.4, 0.5) is 0 Å². The summed E-state index contributed by atoms with van der Waals surface area (Å²) in [5, 5.41) is 6.99. The zero-order chi connectivity index (χ0) is 22.9. The molecule has 2 aliphatic rings. The van der Waals surface area contributed by atoms with Crippen molar-refractivity contribution in [3.63, 3.8) is 0 Å². The minimum Gasteiger partial charge on any atom is -0.360 e. The Morgan fingerprint density at radius 3 is 2.47 bits per heavy atom. The lowest BCUT2D eigenvalue weighted by Crippen LogP contribution is -2.46. The topological polar surface area (TPSA) is 92.5 Å². The Labute approximate surface area is 190 Å². The molecule has 8 heteroatoms. The number of amides is 1. The molecule has 4 rings (SSSR count). The van der Waals surface area contributed by atoms with Crippen LogP contribution < -0.4 is 5.32 Å². The van der Waals surface area contributed by atoms with Crippen molar-refractivity contribution in [3.05, 3.63) is 46.8 Å². The lowest BCUT2D eigenvalue weighted by Gasteiger charge is -2.33. The summed E-state index contributed by atoms with van der Waals surface area (Å²) >= 11 is 0. The largest absolute Gasteiger partial charge is 0.360 e. The minimum absolute atomic E-state index is 0.00899. The van der Waals surface area contributed by atoms with E-state index in [2.05, 4.69) is 41.7 Å². The third-order valence-electron chi connectivity index (χ3n) is 7.18. The Morgan fingerprint density at radius 1 is 1.19 bits per heavy atom. The second kappa shape index (κ2) is 8.98. The van der Waals surface area contributed by atoms with Crippen molar-refractivity contribution in [1.29, 1.82) is 0 Å². The highest BCUT2D eigenvalue weighted by Gasteiger charge is 2.38. The van der Waals surface area contributed by atoms with Crippen molar-refractivity contribution in [2.75, 3.05) is 19.6 Å². The molecule has 0 atom stereocenters. The molecule has 0 unspecified atom stereocenters. The van der Waals surface area contributed by atoms with Gasteiger partial charge >= 0.3 is 0 Å². The van der Waals surface area contributed by atoms with Crippen LogP contribution in [0.1, 0.15) is 61.1 Å². The summed E-state index contributed by atoms with van der Waals surface area (Å²) in [6.45, 7) is 6.65. The molecule has 0 bridgehead atoms. The molecular weight excluding hydrogens is 426 g/mol. The lowest BCUT2D eigenvalue weighted by atomic mass is 9.78. The van der Waals surface area contributed by atoms with Crippen LogP contribution in [0.3, 0.4) is 0 Å². The van der Waals surface area contributed by atoms with Gasteiger partial charge in [-0.2, -0.15) is 4.31 Å². The second-order valence-corrected chi connectivity index (χ2v) is 11.3. The highest BCUT2D eigenvalue weighted by molar-refractivity contribution is 7.89. The van der Waals surface area contributed by atoms with E-state index in [0.717, 1.165) is 12.8 Å². The van der Waals surface area contributed by atoms with Gasteiger partial charge in [0.1, 0.15) is 10.6 Å². The molecule has 1 aromatic carbocycles. The maximum atomic E-state index is 13.0. The Hall–Kier alpha value is -2.19. The molecule has 2 heterocycles. The third kappa shape index (κ3) is 4.35. The fraction of sp³-hybridized carbons (Fsp3) is 0.583. The first-order chi connectivity index (χ1) is 15.2. The highest BCUT2D eigenvalue weighted by Crippen LogP contribution is 2.41. The zero-order valence-corrected chi connectivity index (χ0v) is 20.0. The van der Waals surface area contributed by atoms with E-state index in [1.165, 1.54) is 28.3 Å². The highest BCUT2D eigenvalue weighted by atomic mass is 32.2. The summed E-state index contributed by atoms with van der Waals surface area (Å²) in [5.74, 6) is 0.181. The van der Waals surface area contributed by atoms with E-state index in [9.17, 15) is 13.2 Å². The van der Waals surface area contributed by atoms with Gasteiger partial charge in [-0.05, 0) is 52.0 Å². The van der Waals surface area contributed by atoms with Gasteiger partial charge in [-0.1, -0.05) is 47.8 Å². The van der Waals surface area contributed by atoms with Crippen LogP contribution in [0.15, 0.2) is 33.7 Å². The second-order valence-electron chi connectivity index (χ2n) is 9.41. The molecule has 1 saturated carbocycles. The average molecular weight is 460 g/mol. The lowest BCUT2D eigenvalue weighted by molar-refractivity contribution is -0.126. The van der Waals surface area contributed by atoms with Crippen LogP contribution >= 0.6 is 0 Å². The normalized spacial score (nSPS) is 19.8. The number of rotatable bonds is 6. The maximum Gasteiger partial charge on any atom is 0.248 e. The van der Waals surface area contributed by atoms with Gasteiger partial charge in [0, 0.05) is 31.0 Å². The summed E-state index contributed by atoms with van der Waals surface area (Å²) in [7, 11) is -3.66. The molecule has 0 spiro atoms. The standard InChI is InChI=1S/C24H33N3O4S/c1-17-7-6-8-21(15-17)24(11-4-5-12-24)16-25-23(28)20-9-13-27(14-10-20)32(29,30)22-18(2)26-31-19(22)3/h6-8,15,20H,4-5,9-14,16H2,1-3H3,(H,25,28). The number of hydrogen-bond donors (Lipinski definition) is 1. The fourth-order valence-corrected chi connectivity index (χ4v) is 7.09.